The van der Waals surface area contributed by atoms with Crippen LogP contribution in [0.25, 0.3) is 0 Å². The summed E-state index contributed by atoms with van der Waals surface area (Å²) in [5.41, 5.74) is 0.239. The molecule has 0 aromatic carbocycles. The van der Waals surface area contributed by atoms with Gasteiger partial charge in [0.25, 0.3) is 0 Å². The summed E-state index contributed by atoms with van der Waals surface area (Å²) in [6.07, 6.45) is 5.02. The molecule has 1 heterocycles. The molecule has 0 radical (unpaired) electrons. The van der Waals surface area contributed by atoms with Crippen LogP contribution in [0.5, 0.6) is 0 Å². The highest BCUT2D eigenvalue weighted by Crippen LogP contribution is 2.38. The maximum atomic E-state index is 11.6. The molecular formula is C14H25N3O2S. The van der Waals surface area contributed by atoms with Crippen molar-refractivity contribution in [1.29, 1.82) is 0 Å². The van der Waals surface area contributed by atoms with Crippen LogP contribution in [-0.2, 0) is 9.53 Å². The number of hydrogen-bond donors (Lipinski definition) is 2. The third-order valence-electron chi connectivity index (χ3n) is 4.08. The molecule has 2 N–H and O–H groups in total. The summed E-state index contributed by atoms with van der Waals surface area (Å²) in [5, 5.41) is 7.27. The first-order chi connectivity index (χ1) is 9.63. The highest BCUT2D eigenvalue weighted by Gasteiger charge is 2.39. The lowest BCUT2D eigenvalue weighted by atomic mass is 9.78. The molecule has 1 aliphatic heterocycles. The molecule has 1 saturated carbocycles. The predicted octanol–water partition coefficient (Wildman–Crippen LogP) is 1.39. The van der Waals surface area contributed by atoms with Gasteiger partial charge in [-0.3, -0.25) is 9.79 Å². The van der Waals surface area contributed by atoms with E-state index in [4.69, 9.17) is 4.74 Å². The van der Waals surface area contributed by atoms with Crippen LogP contribution in [0.15, 0.2) is 4.99 Å². The lowest BCUT2D eigenvalue weighted by Crippen LogP contribution is -2.46. The van der Waals surface area contributed by atoms with E-state index in [0.29, 0.717) is 13.2 Å². The molecule has 1 aliphatic carbocycles. The highest BCUT2D eigenvalue weighted by molar-refractivity contribution is 8.14. The smallest absolute Gasteiger partial charge is 0.241 e. The number of amidine groups is 1. The molecule has 0 unspecified atom stereocenters. The second-order valence-corrected chi connectivity index (χ2v) is 6.80. The molecule has 5 nitrogen and oxygen atoms in total. The van der Waals surface area contributed by atoms with Crippen LogP contribution >= 0.6 is 11.8 Å². The van der Waals surface area contributed by atoms with Gasteiger partial charge in [0.15, 0.2) is 5.17 Å². The zero-order valence-electron chi connectivity index (χ0n) is 12.4. The Kier molecular flexibility index (Phi) is 5.72. The van der Waals surface area contributed by atoms with E-state index >= 15 is 0 Å². The van der Waals surface area contributed by atoms with Crippen LogP contribution in [0, 0.1) is 5.92 Å². The largest absolute Gasteiger partial charge is 0.383 e. The molecule has 1 saturated heterocycles. The minimum atomic E-state index is -0.0461. The standard InChI is InChI=1S/C14H25N3O2S/c1-11-3-5-14(6-4-11)10-20-13(17-14)16-9-12(18)15-7-8-19-2/h11H,3-10H2,1-2H3,(H,15,18)(H,16,17). The van der Waals surface area contributed by atoms with Gasteiger partial charge in [0, 0.05) is 24.9 Å². The molecule has 6 heteroatoms. The first kappa shape index (κ1) is 15.6. The second kappa shape index (κ2) is 7.31. The minimum Gasteiger partial charge on any atom is -0.383 e. The number of methoxy groups -OCH3 is 1. The SMILES string of the molecule is COCCNC(=O)CN=C1NC2(CCC(C)CC2)CS1. The van der Waals surface area contributed by atoms with Crippen LogP contribution in [0.2, 0.25) is 0 Å². The molecule has 1 spiro atoms. The fourth-order valence-electron chi connectivity index (χ4n) is 2.67. The fraction of sp³-hybridized carbons (Fsp3) is 0.857. The van der Waals surface area contributed by atoms with Gasteiger partial charge in [-0.05, 0) is 31.6 Å². The van der Waals surface area contributed by atoms with Crippen LogP contribution < -0.4 is 10.6 Å². The molecule has 2 rings (SSSR count). The van der Waals surface area contributed by atoms with Crippen molar-refractivity contribution in [3.8, 4) is 0 Å². The monoisotopic (exact) mass is 299 g/mol. The Balaban J connectivity index is 1.74. The van der Waals surface area contributed by atoms with Crippen LogP contribution in [0.3, 0.4) is 0 Å². The van der Waals surface area contributed by atoms with Gasteiger partial charge in [0.05, 0.1) is 6.61 Å². The molecule has 20 heavy (non-hydrogen) atoms. The van der Waals surface area contributed by atoms with E-state index in [-0.39, 0.29) is 18.0 Å². The molecule has 114 valence electrons. The third kappa shape index (κ3) is 4.38. The van der Waals surface area contributed by atoms with Gasteiger partial charge in [-0.2, -0.15) is 0 Å². The molecule has 1 amide bonds. The number of amides is 1. The highest BCUT2D eigenvalue weighted by atomic mass is 32.2. The lowest BCUT2D eigenvalue weighted by Gasteiger charge is -2.35. The summed E-state index contributed by atoms with van der Waals surface area (Å²) in [4.78, 5) is 16.0. The number of carbonyl (C=O) groups excluding carboxylic acids is 1. The Morgan fingerprint density at radius 3 is 3.00 bits per heavy atom. The quantitative estimate of drug-likeness (QED) is 0.753. The van der Waals surface area contributed by atoms with Crippen LogP contribution in [-0.4, -0.2) is 49.2 Å². The molecule has 0 aromatic heterocycles. The zero-order valence-corrected chi connectivity index (χ0v) is 13.2. The Hall–Kier alpha value is -0.750. The number of carbonyl (C=O) groups is 1. The topological polar surface area (TPSA) is 62.7 Å². The van der Waals surface area contributed by atoms with Crippen molar-refractivity contribution in [3.05, 3.63) is 0 Å². The van der Waals surface area contributed by atoms with E-state index in [1.807, 2.05) is 0 Å². The van der Waals surface area contributed by atoms with Crippen LogP contribution in [0.4, 0.5) is 0 Å². The molecule has 0 bridgehead atoms. The minimum absolute atomic E-state index is 0.0461. The maximum Gasteiger partial charge on any atom is 0.241 e. The van der Waals surface area contributed by atoms with E-state index < -0.39 is 0 Å². The number of thioether (sulfide) groups is 1. The Labute approximate surface area is 125 Å². The van der Waals surface area contributed by atoms with Gasteiger partial charge in [0.1, 0.15) is 6.54 Å². The van der Waals surface area contributed by atoms with Crippen molar-refractivity contribution in [2.45, 2.75) is 38.1 Å². The van der Waals surface area contributed by atoms with E-state index in [1.165, 1.54) is 25.7 Å². The average molecular weight is 299 g/mol. The molecule has 0 atom stereocenters. The Morgan fingerprint density at radius 2 is 2.30 bits per heavy atom. The Morgan fingerprint density at radius 1 is 1.55 bits per heavy atom. The van der Waals surface area contributed by atoms with Gasteiger partial charge in [-0.25, -0.2) is 0 Å². The zero-order chi connectivity index (χ0) is 14.4. The van der Waals surface area contributed by atoms with Gasteiger partial charge < -0.3 is 15.4 Å². The molecule has 2 aliphatic rings. The van der Waals surface area contributed by atoms with Crippen molar-refractivity contribution in [3.63, 3.8) is 0 Å². The number of hydrogen-bond acceptors (Lipinski definition) is 4. The summed E-state index contributed by atoms with van der Waals surface area (Å²) >= 11 is 1.75. The summed E-state index contributed by atoms with van der Waals surface area (Å²) in [6, 6.07) is 0. The molecule has 2 fully saturated rings. The van der Waals surface area contributed by atoms with Crippen molar-refractivity contribution in [2.75, 3.05) is 32.6 Å². The number of aliphatic imine (C=N–C) groups is 1. The average Bonchev–Trinajstić information content (AvgIpc) is 2.84. The first-order valence-electron chi connectivity index (χ1n) is 7.35. The summed E-state index contributed by atoms with van der Waals surface area (Å²) in [5.74, 6) is 1.89. The number of rotatable bonds is 5. The van der Waals surface area contributed by atoms with Crippen molar-refractivity contribution < 1.29 is 9.53 Å². The maximum absolute atomic E-state index is 11.6. The van der Waals surface area contributed by atoms with Gasteiger partial charge in [0.2, 0.25) is 5.91 Å². The predicted molar refractivity (Wildman–Crippen MR) is 83.1 cm³/mol. The third-order valence-corrected chi connectivity index (χ3v) is 5.28. The number of nitrogens with one attached hydrogen (secondary N) is 2. The van der Waals surface area contributed by atoms with E-state index in [1.54, 1.807) is 18.9 Å². The summed E-state index contributed by atoms with van der Waals surface area (Å²) in [7, 11) is 1.62. The van der Waals surface area contributed by atoms with Gasteiger partial charge in [-0.1, -0.05) is 18.7 Å². The lowest BCUT2D eigenvalue weighted by molar-refractivity contribution is -0.119. The number of ether oxygens (including phenoxy) is 1. The van der Waals surface area contributed by atoms with Gasteiger partial charge >= 0.3 is 0 Å². The fourth-order valence-corrected chi connectivity index (χ4v) is 3.89. The van der Waals surface area contributed by atoms with Crippen molar-refractivity contribution in [1.82, 2.24) is 10.6 Å². The molecular weight excluding hydrogens is 274 g/mol. The van der Waals surface area contributed by atoms with E-state index in [2.05, 4.69) is 22.5 Å². The number of nitrogens with zero attached hydrogens (tertiary/aromatic N) is 1. The second-order valence-electron chi connectivity index (χ2n) is 5.84. The van der Waals surface area contributed by atoms with Crippen LogP contribution in [0.1, 0.15) is 32.6 Å². The van der Waals surface area contributed by atoms with Crippen molar-refractivity contribution in [2.24, 2.45) is 10.9 Å². The summed E-state index contributed by atoms with van der Waals surface area (Å²) < 4.78 is 4.89. The van der Waals surface area contributed by atoms with Crippen molar-refractivity contribution >= 4 is 22.8 Å². The van der Waals surface area contributed by atoms with E-state index in [9.17, 15) is 4.79 Å². The van der Waals surface area contributed by atoms with E-state index in [0.717, 1.165) is 16.8 Å². The normalized spacial score (nSPS) is 31.5. The summed E-state index contributed by atoms with van der Waals surface area (Å²) in [6.45, 7) is 3.61. The first-order valence-corrected chi connectivity index (χ1v) is 8.33. The molecule has 0 aromatic rings. The van der Waals surface area contributed by atoms with Gasteiger partial charge in [-0.15, -0.1) is 0 Å². The Bertz CT molecular complexity index is 365.